The van der Waals surface area contributed by atoms with Gasteiger partial charge in [0, 0.05) is 19.6 Å². The van der Waals surface area contributed by atoms with E-state index in [9.17, 15) is 4.79 Å². The first-order valence-corrected chi connectivity index (χ1v) is 6.86. The molecule has 1 heterocycles. The minimum Gasteiger partial charge on any atom is -0.493 e. The predicted molar refractivity (Wildman–Crippen MR) is 78.3 cm³/mol. The molecule has 1 aliphatic rings. The van der Waals surface area contributed by atoms with Crippen LogP contribution in [0.25, 0.3) is 0 Å². The molecule has 2 atom stereocenters. The molecule has 6 nitrogen and oxygen atoms in total. The van der Waals surface area contributed by atoms with Crippen molar-refractivity contribution >= 4 is 5.91 Å². The molecule has 0 aromatic heterocycles. The van der Waals surface area contributed by atoms with E-state index in [0.29, 0.717) is 31.3 Å². The van der Waals surface area contributed by atoms with Crippen LogP contribution in [-0.2, 0) is 16.1 Å². The summed E-state index contributed by atoms with van der Waals surface area (Å²) in [6.07, 6.45) is 0. The fourth-order valence-electron chi connectivity index (χ4n) is 2.44. The van der Waals surface area contributed by atoms with Crippen molar-refractivity contribution in [2.45, 2.75) is 12.6 Å². The third-order valence-electron chi connectivity index (χ3n) is 3.69. The van der Waals surface area contributed by atoms with E-state index < -0.39 is 0 Å². The van der Waals surface area contributed by atoms with Gasteiger partial charge >= 0.3 is 0 Å². The molecule has 116 valence electrons. The monoisotopic (exact) mass is 294 g/mol. The summed E-state index contributed by atoms with van der Waals surface area (Å²) in [5, 5.41) is 0. The number of methoxy groups -OCH3 is 2. The van der Waals surface area contributed by atoms with Gasteiger partial charge in [0.05, 0.1) is 33.4 Å². The average molecular weight is 294 g/mol. The quantitative estimate of drug-likeness (QED) is 0.862. The van der Waals surface area contributed by atoms with Crippen LogP contribution in [0.4, 0.5) is 0 Å². The van der Waals surface area contributed by atoms with Crippen molar-refractivity contribution in [3.05, 3.63) is 23.8 Å². The van der Waals surface area contributed by atoms with Gasteiger partial charge < -0.3 is 24.8 Å². The molecule has 1 aromatic rings. The summed E-state index contributed by atoms with van der Waals surface area (Å²) in [7, 11) is 4.95. The normalized spacial score (nSPS) is 21.1. The molecule has 2 N–H and O–H groups in total. The summed E-state index contributed by atoms with van der Waals surface area (Å²) in [4.78, 5) is 14.0. The Labute approximate surface area is 124 Å². The Morgan fingerprint density at radius 2 is 2.05 bits per heavy atom. The molecular formula is C15H22N2O4. The summed E-state index contributed by atoms with van der Waals surface area (Å²) >= 11 is 0. The second-order valence-corrected chi connectivity index (χ2v) is 5.19. The molecule has 6 heteroatoms. The fourth-order valence-corrected chi connectivity index (χ4v) is 2.44. The molecule has 1 aliphatic heterocycles. The van der Waals surface area contributed by atoms with Crippen LogP contribution in [0, 0.1) is 5.92 Å². The number of benzene rings is 1. The van der Waals surface area contributed by atoms with Crippen LogP contribution in [0.5, 0.6) is 11.5 Å². The lowest BCUT2D eigenvalue weighted by Crippen LogP contribution is -2.41. The zero-order chi connectivity index (χ0) is 15.4. The number of hydrogen-bond acceptors (Lipinski definition) is 5. The highest BCUT2D eigenvalue weighted by molar-refractivity contribution is 5.79. The number of rotatable bonds is 5. The maximum atomic E-state index is 12.3. The van der Waals surface area contributed by atoms with Crippen LogP contribution < -0.4 is 15.2 Å². The lowest BCUT2D eigenvalue weighted by Gasteiger charge is -2.22. The average Bonchev–Trinajstić information content (AvgIpc) is 2.92. The molecule has 2 unspecified atom stereocenters. The standard InChI is InChI=1S/C15H22N2O4/c1-17(15(18)11-8-21-9-12(11)16)7-10-4-5-13(19-2)14(6-10)20-3/h4-6,11-12H,7-9,16H2,1-3H3. The second-order valence-electron chi connectivity index (χ2n) is 5.19. The molecule has 1 fully saturated rings. The number of carbonyl (C=O) groups is 1. The van der Waals surface area contributed by atoms with E-state index in [1.54, 1.807) is 26.2 Å². The van der Waals surface area contributed by atoms with E-state index in [1.165, 1.54) is 0 Å². The van der Waals surface area contributed by atoms with Crippen LogP contribution in [-0.4, -0.2) is 51.3 Å². The highest BCUT2D eigenvalue weighted by Gasteiger charge is 2.33. The summed E-state index contributed by atoms with van der Waals surface area (Å²) in [5.41, 5.74) is 6.85. The molecule has 1 saturated heterocycles. The smallest absolute Gasteiger partial charge is 0.229 e. The van der Waals surface area contributed by atoms with Crippen LogP contribution in [0.15, 0.2) is 18.2 Å². The van der Waals surface area contributed by atoms with E-state index in [2.05, 4.69) is 0 Å². The summed E-state index contributed by atoms with van der Waals surface area (Å²) in [6, 6.07) is 5.39. The molecule has 0 bridgehead atoms. The minimum atomic E-state index is -0.254. The Bertz CT molecular complexity index is 506. The van der Waals surface area contributed by atoms with E-state index in [0.717, 1.165) is 5.56 Å². The van der Waals surface area contributed by atoms with Crippen molar-refractivity contribution in [3.63, 3.8) is 0 Å². The van der Waals surface area contributed by atoms with Gasteiger partial charge in [-0.15, -0.1) is 0 Å². The van der Waals surface area contributed by atoms with Crippen molar-refractivity contribution in [2.75, 3.05) is 34.5 Å². The summed E-state index contributed by atoms with van der Waals surface area (Å²) < 4.78 is 15.7. The first-order chi connectivity index (χ1) is 10.1. The maximum absolute atomic E-state index is 12.3. The topological polar surface area (TPSA) is 74.0 Å². The molecule has 1 aromatic carbocycles. The van der Waals surface area contributed by atoms with Gasteiger partial charge in [0.2, 0.25) is 5.91 Å². The molecule has 21 heavy (non-hydrogen) atoms. The Hall–Kier alpha value is -1.79. The van der Waals surface area contributed by atoms with E-state index in [1.807, 2.05) is 18.2 Å². The van der Waals surface area contributed by atoms with Crippen LogP contribution >= 0.6 is 0 Å². The van der Waals surface area contributed by atoms with Gasteiger partial charge in [-0.2, -0.15) is 0 Å². The Balaban J connectivity index is 2.05. The summed E-state index contributed by atoms with van der Waals surface area (Å²) in [6.45, 7) is 1.33. The van der Waals surface area contributed by atoms with Gasteiger partial charge in [-0.1, -0.05) is 6.07 Å². The maximum Gasteiger partial charge on any atom is 0.229 e. The molecule has 0 spiro atoms. The van der Waals surface area contributed by atoms with Crippen molar-refractivity contribution in [1.29, 1.82) is 0 Å². The van der Waals surface area contributed by atoms with E-state index >= 15 is 0 Å². The first-order valence-electron chi connectivity index (χ1n) is 6.86. The van der Waals surface area contributed by atoms with Crippen LogP contribution in [0.3, 0.4) is 0 Å². The highest BCUT2D eigenvalue weighted by atomic mass is 16.5. The van der Waals surface area contributed by atoms with E-state index in [-0.39, 0.29) is 17.9 Å². The predicted octanol–water partition coefficient (Wildman–Crippen LogP) is 0.636. The Kier molecular flexibility index (Phi) is 5.03. The Morgan fingerprint density at radius 3 is 2.62 bits per heavy atom. The lowest BCUT2D eigenvalue weighted by atomic mass is 10.0. The molecular weight excluding hydrogens is 272 g/mol. The Morgan fingerprint density at radius 1 is 1.33 bits per heavy atom. The zero-order valence-electron chi connectivity index (χ0n) is 12.7. The van der Waals surface area contributed by atoms with Gasteiger partial charge in [-0.05, 0) is 17.7 Å². The molecule has 2 rings (SSSR count). The molecule has 0 radical (unpaired) electrons. The second kappa shape index (κ2) is 6.78. The SMILES string of the molecule is COc1ccc(CN(C)C(=O)C2COCC2N)cc1OC. The molecule has 0 saturated carbocycles. The van der Waals surface area contributed by atoms with Crippen molar-refractivity contribution in [1.82, 2.24) is 4.90 Å². The first kappa shape index (κ1) is 15.6. The minimum absolute atomic E-state index is 0.00906. The summed E-state index contributed by atoms with van der Waals surface area (Å²) in [5.74, 6) is 1.07. The van der Waals surface area contributed by atoms with Crippen molar-refractivity contribution in [2.24, 2.45) is 11.7 Å². The number of amides is 1. The number of hydrogen-bond donors (Lipinski definition) is 1. The van der Waals surface area contributed by atoms with Gasteiger partial charge in [0.15, 0.2) is 11.5 Å². The lowest BCUT2D eigenvalue weighted by molar-refractivity contribution is -0.135. The third-order valence-corrected chi connectivity index (χ3v) is 3.69. The number of nitrogens with two attached hydrogens (primary N) is 1. The van der Waals surface area contributed by atoms with Gasteiger partial charge in [0.25, 0.3) is 0 Å². The van der Waals surface area contributed by atoms with Gasteiger partial charge in [-0.3, -0.25) is 4.79 Å². The third kappa shape index (κ3) is 3.46. The van der Waals surface area contributed by atoms with Crippen molar-refractivity contribution < 1.29 is 19.0 Å². The number of ether oxygens (including phenoxy) is 3. The molecule has 0 aliphatic carbocycles. The van der Waals surface area contributed by atoms with Crippen molar-refractivity contribution in [3.8, 4) is 11.5 Å². The fraction of sp³-hybridized carbons (Fsp3) is 0.533. The van der Waals surface area contributed by atoms with Gasteiger partial charge in [0.1, 0.15) is 0 Å². The number of nitrogens with zero attached hydrogens (tertiary/aromatic N) is 1. The zero-order valence-corrected chi connectivity index (χ0v) is 12.7. The highest BCUT2D eigenvalue weighted by Crippen LogP contribution is 2.28. The number of carbonyl (C=O) groups excluding carboxylic acids is 1. The van der Waals surface area contributed by atoms with Gasteiger partial charge in [-0.25, -0.2) is 0 Å². The van der Waals surface area contributed by atoms with Crippen LogP contribution in [0.1, 0.15) is 5.56 Å². The molecule has 1 amide bonds. The largest absolute Gasteiger partial charge is 0.493 e. The van der Waals surface area contributed by atoms with Crippen LogP contribution in [0.2, 0.25) is 0 Å². The van der Waals surface area contributed by atoms with E-state index in [4.69, 9.17) is 19.9 Å².